The first kappa shape index (κ1) is 9.78. The summed E-state index contributed by atoms with van der Waals surface area (Å²) in [5.74, 6) is 2.30. The van der Waals surface area contributed by atoms with Crippen LogP contribution < -0.4 is 0 Å². The van der Waals surface area contributed by atoms with Crippen molar-refractivity contribution in [3.8, 4) is 11.4 Å². The van der Waals surface area contributed by atoms with Gasteiger partial charge >= 0.3 is 0 Å². The molecule has 0 radical (unpaired) electrons. The van der Waals surface area contributed by atoms with Crippen LogP contribution >= 0.6 is 11.8 Å². The number of benzene rings is 1. The number of para-hydroxylation sites is 2. The van der Waals surface area contributed by atoms with Gasteiger partial charge in [-0.1, -0.05) is 12.1 Å². The maximum atomic E-state index is 9.84. The quantitative estimate of drug-likeness (QED) is 0.821. The molecule has 0 amide bonds. The summed E-state index contributed by atoms with van der Waals surface area (Å²) in [7, 11) is 0. The molecular formula is C12H12N2OS. The zero-order chi connectivity index (χ0) is 11.1. The fraction of sp³-hybridized carbons (Fsp3) is 0.250. The molecule has 3 nitrogen and oxygen atoms in total. The molecule has 1 aromatic carbocycles. The van der Waals surface area contributed by atoms with Crippen LogP contribution in [0, 0.1) is 6.92 Å². The molecule has 2 aromatic rings. The molecule has 0 saturated carbocycles. The lowest BCUT2D eigenvalue weighted by atomic mass is 10.2. The van der Waals surface area contributed by atoms with E-state index >= 15 is 0 Å². The summed E-state index contributed by atoms with van der Waals surface area (Å²) >= 11 is 1.90. The summed E-state index contributed by atoms with van der Waals surface area (Å²) in [5, 5.41) is 14.3. The van der Waals surface area contributed by atoms with Gasteiger partial charge < -0.3 is 5.11 Å². The lowest BCUT2D eigenvalue weighted by molar-refractivity contribution is 0.470. The standard InChI is InChI=1S/C12H12N2OS/c1-8-9-6-16-7-11(9)14(13-8)10-4-2-3-5-12(10)15/h2-5,15H,6-7H2,1H3. The first-order valence-electron chi connectivity index (χ1n) is 5.21. The predicted molar refractivity (Wildman–Crippen MR) is 65.0 cm³/mol. The maximum absolute atomic E-state index is 9.84. The van der Waals surface area contributed by atoms with Crippen LogP contribution in [0.3, 0.4) is 0 Å². The highest BCUT2D eigenvalue weighted by Crippen LogP contribution is 2.34. The summed E-state index contributed by atoms with van der Waals surface area (Å²) < 4.78 is 1.88. The molecule has 1 aromatic heterocycles. The van der Waals surface area contributed by atoms with Crippen molar-refractivity contribution in [2.75, 3.05) is 0 Å². The van der Waals surface area contributed by atoms with Gasteiger partial charge in [0.2, 0.25) is 0 Å². The Morgan fingerprint density at radius 3 is 2.94 bits per heavy atom. The summed E-state index contributed by atoms with van der Waals surface area (Å²) in [6.07, 6.45) is 0. The second kappa shape index (κ2) is 3.56. The molecular weight excluding hydrogens is 220 g/mol. The van der Waals surface area contributed by atoms with Gasteiger partial charge in [-0.3, -0.25) is 0 Å². The highest BCUT2D eigenvalue weighted by Gasteiger charge is 2.22. The van der Waals surface area contributed by atoms with Crippen LogP contribution in [-0.2, 0) is 11.5 Å². The molecule has 1 aliphatic rings. The minimum absolute atomic E-state index is 0.282. The Hall–Kier alpha value is -1.42. The van der Waals surface area contributed by atoms with Crippen molar-refractivity contribution < 1.29 is 5.11 Å². The predicted octanol–water partition coefficient (Wildman–Crippen LogP) is 2.63. The van der Waals surface area contributed by atoms with Gasteiger partial charge in [-0.15, -0.1) is 0 Å². The Kier molecular flexibility index (Phi) is 2.17. The second-order valence-electron chi connectivity index (χ2n) is 3.90. The molecule has 0 unspecified atom stereocenters. The van der Waals surface area contributed by atoms with E-state index < -0.39 is 0 Å². The number of aromatic nitrogens is 2. The number of fused-ring (bicyclic) bond motifs is 1. The summed E-state index contributed by atoms with van der Waals surface area (Å²) in [6.45, 7) is 2.03. The van der Waals surface area contributed by atoms with E-state index in [1.807, 2.05) is 41.6 Å². The highest BCUT2D eigenvalue weighted by molar-refractivity contribution is 7.98. The lowest BCUT2D eigenvalue weighted by Gasteiger charge is -2.06. The van der Waals surface area contributed by atoms with Crippen molar-refractivity contribution in [3.63, 3.8) is 0 Å². The Morgan fingerprint density at radius 2 is 2.12 bits per heavy atom. The monoisotopic (exact) mass is 232 g/mol. The van der Waals surface area contributed by atoms with Crippen LogP contribution in [0.25, 0.3) is 5.69 Å². The molecule has 16 heavy (non-hydrogen) atoms. The number of nitrogens with zero attached hydrogens (tertiary/aromatic N) is 2. The van der Waals surface area contributed by atoms with E-state index in [9.17, 15) is 5.11 Å². The molecule has 0 bridgehead atoms. The van der Waals surface area contributed by atoms with E-state index in [2.05, 4.69) is 5.10 Å². The second-order valence-corrected chi connectivity index (χ2v) is 4.89. The van der Waals surface area contributed by atoms with Gasteiger partial charge in [0.1, 0.15) is 11.4 Å². The number of phenolic OH excluding ortho intramolecular Hbond substituents is 1. The van der Waals surface area contributed by atoms with E-state index in [4.69, 9.17) is 0 Å². The van der Waals surface area contributed by atoms with E-state index in [-0.39, 0.29) is 5.75 Å². The van der Waals surface area contributed by atoms with Crippen molar-refractivity contribution in [2.24, 2.45) is 0 Å². The number of aromatic hydroxyl groups is 1. The van der Waals surface area contributed by atoms with Crippen molar-refractivity contribution in [1.29, 1.82) is 0 Å². The summed E-state index contributed by atoms with van der Waals surface area (Å²) in [5.41, 5.74) is 4.40. The zero-order valence-corrected chi connectivity index (χ0v) is 9.79. The number of hydrogen-bond acceptors (Lipinski definition) is 3. The van der Waals surface area contributed by atoms with Gasteiger partial charge in [-0.05, 0) is 19.1 Å². The fourth-order valence-corrected chi connectivity index (χ4v) is 3.21. The average Bonchev–Trinajstić information content (AvgIpc) is 2.84. The third-order valence-corrected chi connectivity index (χ3v) is 3.86. The van der Waals surface area contributed by atoms with Gasteiger partial charge in [-0.25, -0.2) is 4.68 Å². The topological polar surface area (TPSA) is 38.0 Å². The molecule has 0 aliphatic carbocycles. The molecule has 1 aliphatic heterocycles. The average molecular weight is 232 g/mol. The minimum atomic E-state index is 0.282. The third kappa shape index (κ3) is 1.33. The van der Waals surface area contributed by atoms with E-state index in [1.54, 1.807) is 6.07 Å². The van der Waals surface area contributed by atoms with Crippen LogP contribution in [-0.4, -0.2) is 14.9 Å². The molecule has 3 rings (SSSR count). The largest absolute Gasteiger partial charge is 0.506 e. The molecule has 0 saturated heterocycles. The normalized spacial score (nSPS) is 14.1. The molecule has 0 fully saturated rings. The van der Waals surface area contributed by atoms with Crippen molar-refractivity contribution >= 4 is 11.8 Å². The molecule has 4 heteroatoms. The molecule has 0 spiro atoms. The lowest BCUT2D eigenvalue weighted by Crippen LogP contribution is -2.00. The Bertz CT molecular complexity index is 548. The van der Waals surface area contributed by atoms with Gasteiger partial charge in [0.25, 0.3) is 0 Å². The van der Waals surface area contributed by atoms with Crippen LogP contribution in [0.2, 0.25) is 0 Å². The van der Waals surface area contributed by atoms with Crippen molar-refractivity contribution in [2.45, 2.75) is 18.4 Å². The zero-order valence-electron chi connectivity index (χ0n) is 8.97. The van der Waals surface area contributed by atoms with Crippen LogP contribution in [0.4, 0.5) is 0 Å². The Balaban J connectivity index is 2.21. The Morgan fingerprint density at radius 1 is 1.31 bits per heavy atom. The molecule has 0 atom stereocenters. The summed E-state index contributed by atoms with van der Waals surface area (Å²) in [4.78, 5) is 0. The smallest absolute Gasteiger partial charge is 0.141 e. The molecule has 82 valence electrons. The van der Waals surface area contributed by atoms with Crippen LogP contribution in [0.5, 0.6) is 5.75 Å². The number of aryl methyl sites for hydroxylation is 1. The highest BCUT2D eigenvalue weighted by atomic mass is 32.2. The van der Waals surface area contributed by atoms with Crippen molar-refractivity contribution in [1.82, 2.24) is 9.78 Å². The van der Waals surface area contributed by atoms with E-state index in [0.717, 1.165) is 22.9 Å². The first-order valence-corrected chi connectivity index (χ1v) is 6.36. The third-order valence-electron chi connectivity index (χ3n) is 2.89. The SMILES string of the molecule is Cc1nn(-c2ccccc2O)c2c1CSC2. The van der Waals surface area contributed by atoms with Crippen molar-refractivity contribution in [3.05, 3.63) is 41.2 Å². The van der Waals surface area contributed by atoms with Crippen LogP contribution in [0.1, 0.15) is 17.0 Å². The van der Waals surface area contributed by atoms with Gasteiger partial charge in [-0.2, -0.15) is 16.9 Å². The number of phenols is 1. The number of thioether (sulfide) groups is 1. The molecule has 2 heterocycles. The van der Waals surface area contributed by atoms with Crippen LogP contribution in [0.15, 0.2) is 24.3 Å². The molecule has 1 N–H and O–H groups in total. The van der Waals surface area contributed by atoms with E-state index in [0.29, 0.717) is 0 Å². The summed E-state index contributed by atoms with van der Waals surface area (Å²) in [6, 6.07) is 7.33. The fourth-order valence-electron chi connectivity index (χ4n) is 2.04. The number of rotatable bonds is 1. The Labute approximate surface area is 98.1 Å². The van der Waals surface area contributed by atoms with Gasteiger partial charge in [0.05, 0.1) is 11.4 Å². The minimum Gasteiger partial charge on any atom is -0.506 e. The first-order chi connectivity index (χ1) is 7.77. The van der Waals surface area contributed by atoms with Gasteiger partial charge in [0, 0.05) is 17.1 Å². The number of hydrogen-bond donors (Lipinski definition) is 1. The maximum Gasteiger partial charge on any atom is 0.141 e. The van der Waals surface area contributed by atoms with Gasteiger partial charge in [0.15, 0.2) is 0 Å². The van der Waals surface area contributed by atoms with E-state index in [1.165, 1.54) is 11.3 Å².